The van der Waals surface area contributed by atoms with Gasteiger partial charge in [-0.2, -0.15) is 0 Å². The van der Waals surface area contributed by atoms with E-state index >= 15 is 0 Å². The van der Waals surface area contributed by atoms with Crippen LogP contribution in [0.5, 0.6) is 23.0 Å². The van der Waals surface area contributed by atoms with Gasteiger partial charge >= 0.3 is 0 Å². The van der Waals surface area contributed by atoms with Crippen LogP contribution in [0.1, 0.15) is 38.8 Å². The van der Waals surface area contributed by atoms with Crippen molar-refractivity contribution >= 4 is 21.5 Å². The van der Waals surface area contributed by atoms with E-state index in [2.05, 4.69) is 86.9 Å². The Hall–Kier alpha value is -5.12. The average molecular weight is 759 g/mol. The zero-order valence-corrected chi connectivity index (χ0v) is 33.6. The molecule has 56 heavy (non-hydrogen) atoms. The molecule has 4 N–H and O–H groups in total. The molecular formula is C48H58N2O6. The Morgan fingerprint density at radius 3 is 1.21 bits per heavy atom. The van der Waals surface area contributed by atoms with Crippen LogP contribution in [0, 0.1) is 0 Å². The number of methoxy groups -OCH3 is 2. The molecule has 0 aliphatic carbocycles. The third kappa shape index (κ3) is 13.0. The standard InChI is InChI=1S/2C24H29NO3/c2*1-24(2,15-18-11-13-21(27-3)14-12-18)25-16-20(26)17-28-23-10-6-8-19-7-4-5-9-22(19)23/h2*4-14,20,25-26H,15-17H2,1-3H3. The smallest absolute Gasteiger partial charge is 0.127 e. The molecule has 0 spiro atoms. The molecule has 0 aromatic heterocycles. The lowest BCUT2D eigenvalue weighted by molar-refractivity contribution is 0.0995. The number of hydrogen-bond donors (Lipinski definition) is 4. The summed E-state index contributed by atoms with van der Waals surface area (Å²) in [6.45, 7) is 9.97. The van der Waals surface area contributed by atoms with Crippen LogP contribution >= 0.6 is 0 Å². The highest BCUT2D eigenvalue weighted by Crippen LogP contribution is 2.27. The van der Waals surface area contributed by atoms with Crippen LogP contribution in [0.3, 0.4) is 0 Å². The summed E-state index contributed by atoms with van der Waals surface area (Å²) in [5.74, 6) is 3.32. The van der Waals surface area contributed by atoms with E-state index in [1.54, 1.807) is 14.2 Å². The molecule has 6 aromatic carbocycles. The average Bonchev–Trinajstić information content (AvgIpc) is 3.21. The molecule has 6 rings (SSSR count). The van der Waals surface area contributed by atoms with E-state index in [1.165, 1.54) is 11.1 Å². The zero-order valence-electron chi connectivity index (χ0n) is 33.6. The van der Waals surface area contributed by atoms with Crippen LogP contribution < -0.4 is 29.6 Å². The second-order valence-corrected chi connectivity index (χ2v) is 15.5. The molecule has 8 nitrogen and oxygen atoms in total. The van der Waals surface area contributed by atoms with Gasteiger partial charge in [0.2, 0.25) is 0 Å². The maximum absolute atomic E-state index is 10.4. The molecule has 0 saturated carbocycles. The molecule has 6 aromatic rings. The molecule has 8 heteroatoms. The normalized spacial score (nSPS) is 12.7. The highest BCUT2D eigenvalue weighted by atomic mass is 16.5. The van der Waals surface area contributed by atoms with Crippen molar-refractivity contribution in [3.8, 4) is 23.0 Å². The molecule has 0 heterocycles. The number of fused-ring (bicyclic) bond motifs is 2. The summed E-state index contributed by atoms with van der Waals surface area (Å²) < 4.78 is 22.2. The number of aliphatic hydroxyl groups is 2. The first kappa shape index (κ1) is 42.0. The van der Waals surface area contributed by atoms with Crippen LogP contribution in [0.4, 0.5) is 0 Å². The van der Waals surface area contributed by atoms with Crippen LogP contribution in [-0.4, -0.2) is 74.0 Å². The van der Waals surface area contributed by atoms with E-state index in [1.807, 2.05) is 84.9 Å². The first-order valence-electron chi connectivity index (χ1n) is 19.3. The van der Waals surface area contributed by atoms with Crippen LogP contribution in [-0.2, 0) is 12.8 Å². The number of nitrogens with one attached hydrogen (secondary N) is 2. The summed E-state index contributed by atoms with van der Waals surface area (Å²) in [5.41, 5.74) is 2.16. The van der Waals surface area contributed by atoms with Gasteiger partial charge in [-0.05, 0) is 98.8 Å². The highest BCUT2D eigenvalue weighted by Gasteiger charge is 2.21. The minimum Gasteiger partial charge on any atom is -0.497 e. The van der Waals surface area contributed by atoms with Crippen LogP contribution in [0.2, 0.25) is 0 Å². The highest BCUT2D eigenvalue weighted by molar-refractivity contribution is 5.88. The van der Waals surface area contributed by atoms with Gasteiger partial charge in [0.15, 0.2) is 0 Å². The Labute approximate surface area is 332 Å². The molecule has 0 aliphatic rings. The van der Waals surface area contributed by atoms with E-state index < -0.39 is 12.2 Å². The Morgan fingerprint density at radius 1 is 0.482 bits per heavy atom. The molecule has 296 valence electrons. The third-order valence-corrected chi connectivity index (χ3v) is 9.60. The van der Waals surface area contributed by atoms with Gasteiger partial charge in [-0.15, -0.1) is 0 Å². The molecule has 2 atom stereocenters. The Kier molecular flexibility index (Phi) is 15.1. The molecule has 0 amide bonds. The fourth-order valence-corrected chi connectivity index (χ4v) is 6.55. The topological polar surface area (TPSA) is 101 Å². The van der Waals surface area contributed by atoms with E-state index in [0.717, 1.165) is 57.4 Å². The Balaban J connectivity index is 0.000000214. The summed E-state index contributed by atoms with van der Waals surface area (Å²) in [5, 5.41) is 32.0. The zero-order chi connectivity index (χ0) is 40.0. The summed E-state index contributed by atoms with van der Waals surface area (Å²) in [6, 6.07) is 44.3. The van der Waals surface area contributed by atoms with Crippen molar-refractivity contribution in [2.45, 2.75) is 63.8 Å². The van der Waals surface area contributed by atoms with Crippen molar-refractivity contribution in [1.29, 1.82) is 0 Å². The van der Waals surface area contributed by atoms with Crippen molar-refractivity contribution in [3.63, 3.8) is 0 Å². The number of ether oxygens (including phenoxy) is 4. The second kappa shape index (κ2) is 20.2. The minimum absolute atomic E-state index is 0.144. The first-order valence-corrected chi connectivity index (χ1v) is 19.3. The van der Waals surface area contributed by atoms with Gasteiger partial charge in [-0.1, -0.05) is 97.1 Å². The van der Waals surface area contributed by atoms with Crippen molar-refractivity contribution in [3.05, 3.63) is 145 Å². The Morgan fingerprint density at radius 2 is 0.839 bits per heavy atom. The second-order valence-electron chi connectivity index (χ2n) is 15.5. The van der Waals surface area contributed by atoms with Crippen molar-refractivity contribution < 1.29 is 29.2 Å². The maximum Gasteiger partial charge on any atom is 0.127 e. The predicted octanol–water partition coefficient (Wildman–Crippen LogP) is 8.40. The number of rotatable bonds is 18. The molecule has 0 saturated heterocycles. The van der Waals surface area contributed by atoms with E-state index in [0.29, 0.717) is 13.1 Å². The Bertz CT molecular complexity index is 1920. The lowest BCUT2D eigenvalue weighted by Gasteiger charge is -2.28. The summed E-state index contributed by atoms with van der Waals surface area (Å²) >= 11 is 0. The van der Waals surface area contributed by atoms with Gasteiger partial charge in [0, 0.05) is 34.9 Å². The molecular weight excluding hydrogens is 701 g/mol. The van der Waals surface area contributed by atoms with Gasteiger partial charge in [0.05, 0.1) is 14.2 Å². The molecule has 2 unspecified atom stereocenters. The van der Waals surface area contributed by atoms with Gasteiger partial charge in [0.1, 0.15) is 48.4 Å². The summed E-state index contributed by atoms with van der Waals surface area (Å²) in [6.07, 6.45) is 0.533. The van der Waals surface area contributed by atoms with Crippen molar-refractivity contribution in [2.24, 2.45) is 0 Å². The van der Waals surface area contributed by atoms with Gasteiger partial charge in [0.25, 0.3) is 0 Å². The predicted molar refractivity (Wildman–Crippen MR) is 228 cm³/mol. The SMILES string of the molecule is COc1ccc(CC(C)(C)NCC(O)COc2cccc3ccccc23)cc1.COc1ccc(CC(C)(C)NCC(O)COc2cccc3ccccc23)cc1. The lowest BCUT2D eigenvalue weighted by Crippen LogP contribution is -2.46. The van der Waals surface area contributed by atoms with E-state index in [-0.39, 0.29) is 24.3 Å². The fourth-order valence-electron chi connectivity index (χ4n) is 6.55. The quantitative estimate of drug-likeness (QED) is 0.0694. The molecule has 0 fully saturated rings. The van der Waals surface area contributed by atoms with E-state index in [4.69, 9.17) is 18.9 Å². The van der Waals surface area contributed by atoms with Gasteiger partial charge in [-0.3, -0.25) is 0 Å². The van der Waals surface area contributed by atoms with Crippen LogP contribution in [0.15, 0.2) is 133 Å². The number of aliphatic hydroxyl groups excluding tert-OH is 2. The fraction of sp³-hybridized carbons (Fsp3) is 0.333. The van der Waals surface area contributed by atoms with E-state index in [9.17, 15) is 10.2 Å². The molecule has 0 radical (unpaired) electrons. The number of hydrogen-bond acceptors (Lipinski definition) is 8. The van der Waals surface area contributed by atoms with Gasteiger partial charge in [-0.25, -0.2) is 0 Å². The number of benzene rings is 6. The lowest BCUT2D eigenvalue weighted by atomic mass is 9.94. The monoisotopic (exact) mass is 758 g/mol. The number of β-amino-alcohol motifs (C(OH)–C–C–N with tert-alkyl or cyclic N) is 2. The largest absolute Gasteiger partial charge is 0.497 e. The van der Waals surface area contributed by atoms with Crippen molar-refractivity contribution in [2.75, 3.05) is 40.5 Å². The molecule has 0 aliphatic heterocycles. The van der Waals surface area contributed by atoms with Crippen molar-refractivity contribution in [1.82, 2.24) is 10.6 Å². The minimum atomic E-state index is -0.589. The summed E-state index contributed by atoms with van der Waals surface area (Å²) in [4.78, 5) is 0. The third-order valence-electron chi connectivity index (χ3n) is 9.60. The first-order chi connectivity index (χ1) is 26.9. The molecule has 0 bridgehead atoms. The van der Waals surface area contributed by atoms with Gasteiger partial charge < -0.3 is 39.8 Å². The summed E-state index contributed by atoms with van der Waals surface area (Å²) in [7, 11) is 3.34. The van der Waals surface area contributed by atoms with Crippen LogP contribution in [0.25, 0.3) is 21.5 Å². The maximum atomic E-state index is 10.4.